The van der Waals surface area contributed by atoms with Crippen molar-refractivity contribution in [1.29, 1.82) is 0 Å². The smallest absolute Gasteiger partial charge is 0.345 e. The Morgan fingerprint density at radius 3 is 2.78 bits per heavy atom. The van der Waals surface area contributed by atoms with Crippen LogP contribution in [0.3, 0.4) is 0 Å². The standard InChI is InChI=1S/C11H8N2O5/c1-6(12-15)9-5-7-4-8(13(16)17)2-3-10(7)18-11(9)14/h2-5,15H,1H3/b12-6+. The quantitative estimate of drug-likeness (QED) is 0.287. The molecule has 0 saturated carbocycles. The van der Waals surface area contributed by atoms with E-state index < -0.39 is 10.5 Å². The van der Waals surface area contributed by atoms with E-state index in [0.29, 0.717) is 5.39 Å². The van der Waals surface area contributed by atoms with E-state index in [1.807, 2.05) is 0 Å². The highest BCUT2D eigenvalue weighted by atomic mass is 16.6. The highest BCUT2D eigenvalue weighted by Crippen LogP contribution is 2.20. The summed E-state index contributed by atoms with van der Waals surface area (Å²) in [4.78, 5) is 21.7. The number of nitrogens with zero attached hydrogens (tertiary/aromatic N) is 2. The minimum Gasteiger partial charge on any atom is -0.422 e. The van der Waals surface area contributed by atoms with Crippen molar-refractivity contribution in [3.05, 3.63) is 50.4 Å². The molecule has 0 saturated heterocycles. The number of nitro benzene ring substituents is 1. The van der Waals surface area contributed by atoms with Crippen molar-refractivity contribution in [2.75, 3.05) is 0 Å². The molecule has 7 nitrogen and oxygen atoms in total. The van der Waals surface area contributed by atoms with E-state index in [9.17, 15) is 14.9 Å². The van der Waals surface area contributed by atoms with Crippen LogP contribution in [0.5, 0.6) is 0 Å². The minimum atomic E-state index is -0.661. The number of hydrogen-bond acceptors (Lipinski definition) is 6. The highest BCUT2D eigenvalue weighted by molar-refractivity contribution is 6.00. The normalized spacial score (nSPS) is 11.7. The number of nitro groups is 1. The van der Waals surface area contributed by atoms with Crippen LogP contribution in [0.1, 0.15) is 12.5 Å². The number of rotatable bonds is 2. The fourth-order valence-corrected chi connectivity index (χ4v) is 1.53. The molecule has 1 aromatic heterocycles. The second kappa shape index (κ2) is 4.28. The number of fused-ring (bicyclic) bond motifs is 1. The monoisotopic (exact) mass is 248 g/mol. The molecule has 0 aliphatic heterocycles. The lowest BCUT2D eigenvalue weighted by Gasteiger charge is -2.00. The molecule has 0 aliphatic carbocycles. The van der Waals surface area contributed by atoms with Crippen molar-refractivity contribution in [2.45, 2.75) is 6.92 Å². The van der Waals surface area contributed by atoms with E-state index >= 15 is 0 Å². The third-order valence-electron chi connectivity index (χ3n) is 2.47. The van der Waals surface area contributed by atoms with Gasteiger partial charge in [0.15, 0.2) is 0 Å². The molecular formula is C11H8N2O5. The zero-order chi connectivity index (χ0) is 13.3. The lowest BCUT2D eigenvalue weighted by molar-refractivity contribution is -0.384. The van der Waals surface area contributed by atoms with Gasteiger partial charge >= 0.3 is 5.63 Å². The Balaban J connectivity index is 2.75. The van der Waals surface area contributed by atoms with E-state index in [1.165, 1.54) is 31.2 Å². The maximum atomic E-state index is 11.6. The van der Waals surface area contributed by atoms with Crippen LogP contribution >= 0.6 is 0 Å². The summed E-state index contributed by atoms with van der Waals surface area (Å²) in [6.45, 7) is 1.43. The van der Waals surface area contributed by atoms with Crippen LogP contribution in [0.15, 0.2) is 38.6 Å². The van der Waals surface area contributed by atoms with Crippen molar-refractivity contribution in [2.24, 2.45) is 5.16 Å². The van der Waals surface area contributed by atoms with E-state index in [-0.39, 0.29) is 22.5 Å². The van der Waals surface area contributed by atoms with Crippen molar-refractivity contribution in [1.82, 2.24) is 0 Å². The van der Waals surface area contributed by atoms with Crippen LogP contribution in [-0.2, 0) is 0 Å². The second-order valence-corrected chi connectivity index (χ2v) is 3.61. The maximum absolute atomic E-state index is 11.6. The average Bonchev–Trinajstić information content (AvgIpc) is 2.36. The van der Waals surface area contributed by atoms with Gasteiger partial charge in [0.1, 0.15) is 5.58 Å². The second-order valence-electron chi connectivity index (χ2n) is 3.61. The van der Waals surface area contributed by atoms with Crippen LogP contribution in [0.25, 0.3) is 11.0 Å². The molecule has 92 valence electrons. The van der Waals surface area contributed by atoms with Gasteiger partial charge in [0, 0.05) is 17.5 Å². The molecular weight excluding hydrogens is 240 g/mol. The van der Waals surface area contributed by atoms with E-state index in [1.54, 1.807) is 0 Å². The highest BCUT2D eigenvalue weighted by Gasteiger charge is 2.12. The van der Waals surface area contributed by atoms with E-state index in [4.69, 9.17) is 9.62 Å². The van der Waals surface area contributed by atoms with Gasteiger partial charge in [0.25, 0.3) is 5.69 Å². The Morgan fingerprint density at radius 2 is 2.17 bits per heavy atom. The molecule has 0 radical (unpaired) electrons. The molecule has 2 rings (SSSR count). The van der Waals surface area contributed by atoms with E-state index in [0.717, 1.165) is 0 Å². The zero-order valence-electron chi connectivity index (χ0n) is 9.28. The molecule has 1 aromatic carbocycles. The summed E-state index contributed by atoms with van der Waals surface area (Å²) in [6, 6.07) is 5.28. The first-order valence-corrected chi connectivity index (χ1v) is 4.94. The minimum absolute atomic E-state index is 0.0606. The predicted molar refractivity (Wildman–Crippen MR) is 63.1 cm³/mol. The van der Waals surface area contributed by atoms with Gasteiger partial charge in [-0.3, -0.25) is 10.1 Å². The average molecular weight is 248 g/mol. The summed E-state index contributed by atoms with van der Waals surface area (Å²) < 4.78 is 4.98. The first-order valence-electron chi connectivity index (χ1n) is 4.94. The topological polar surface area (TPSA) is 106 Å². The van der Waals surface area contributed by atoms with Crippen LogP contribution in [0.4, 0.5) is 5.69 Å². The lowest BCUT2D eigenvalue weighted by Crippen LogP contribution is -2.12. The summed E-state index contributed by atoms with van der Waals surface area (Å²) in [5.41, 5.74) is -0.393. The number of hydrogen-bond donors (Lipinski definition) is 1. The Hall–Kier alpha value is -2.70. The Kier molecular flexibility index (Phi) is 2.80. The summed E-state index contributed by atoms with van der Waals surface area (Å²) >= 11 is 0. The fourth-order valence-electron chi connectivity index (χ4n) is 1.53. The van der Waals surface area contributed by atoms with Gasteiger partial charge in [-0.1, -0.05) is 5.16 Å². The molecule has 0 bridgehead atoms. The first kappa shape index (κ1) is 11.8. The molecule has 2 aromatic rings. The Morgan fingerprint density at radius 1 is 1.44 bits per heavy atom. The van der Waals surface area contributed by atoms with Crippen molar-refractivity contribution < 1.29 is 14.5 Å². The van der Waals surface area contributed by atoms with Crippen molar-refractivity contribution in [3.8, 4) is 0 Å². The molecule has 18 heavy (non-hydrogen) atoms. The summed E-state index contributed by atoms with van der Waals surface area (Å²) in [5.74, 6) is 0. The largest absolute Gasteiger partial charge is 0.422 e. The molecule has 0 fully saturated rings. The van der Waals surface area contributed by atoms with Crippen molar-refractivity contribution >= 4 is 22.4 Å². The molecule has 0 aliphatic rings. The van der Waals surface area contributed by atoms with Crippen molar-refractivity contribution in [3.63, 3.8) is 0 Å². The number of oxime groups is 1. The van der Waals surface area contributed by atoms with Crippen LogP contribution in [0.2, 0.25) is 0 Å². The third kappa shape index (κ3) is 1.93. The van der Waals surface area contributed by atoms with Crippen LogP contribution in [-0.4, -0.2) is 15.8 Å². The van der Waals surface area contributed by atoms with Gasteiger partial charge in [-0.15, -0.1) is 0 Å². The number of benzene rings is 1. The van der Waals surface area contributed by atoms with Gasteiger partial charge < -0.3 is 9.62 Å². The molecule has 0 atom stereocenters. The molecule has 0 unspecified atom stereocenters. The Labute approximate surface area is 100 Å². The summed E-state index contributed by atoms with van der Waals surface area (Å²) in [6.07, 6.45) is 0. The zero-order valence-corrected chi connectivity index (χ0v) is 9.28. The SMILES string of the molecule is C/C(=N\O)c1cc2cc([N+](=O)[O-])ccc2oc1=O. The molecule has 0 spiro atoms. The first-order chi connectivity index (χ1) is 8.52. The van der Waals surface area contributed by atoms with Gasteiger partial charge in [-0.2, -0.15) is 0 Å². The maximum Gasteiger partial charge on any atom is 0.345 e. The predicted octanol–water partition coefficient (Wildman–Crippen LogP) is 1.90. The molecule has 7 heteroatoms. The fraction of sp³-hybridized carbons (Fsp3) is 0.0909. The Bertz CT molecular complexity index is 717. The van der Waals surface area contributed by atoms with E-state index in [2.05, 4.69) is 5.16 Å². The van der Waals surface area contributed by atoms with Crippen LogP contribution < -0.4 is 5.63 Å². The molecule has 1 heterocycles. The number of non-ortho nitro benzene ring substituents is 1. The van der Waals surface area contributed by atoms with Crippen LogP contribution in [0, 0.1) is 10.1 Å². The van der Waals surface area contributed by atoms with Gasteiger partial charge in [-0.05, 0) is 19.1 Å². The van der Waals surface area contributed by atoms with Gasteiger partial charge in [-0.25, -0.2) is 4.79 Å². The third-order valence-corrected chi connectivity index (χ3v) is 2.47. The van der Waals surface area contributed by atoms with Gasteiger partial charge in [0.2, 0.25) is 0 Å². The lowest BCUT2D eigenvalue weighted by atomic mass is 10.1. The molecule has 0 amide bonds. The van der Waals surface area contributed by atoms with Gasteiger partial charge in [0.05, 0.1) is 16.2 Å². The summed E-state index contributed by atoms with van der Waals surface area (Å²) in [5, 5.41) is 22.6. The summed E-state index contributed by atoms with van der Waals surface area (Å²) in [7, 11) is 0. The molecule has 1 N–H and O–H groups in total.